The third kappa shape index (κ3) is 7.74. The number of thiocarbonyl (C=S) groups is 1. The van der Waals surface area contributed by atoms with Gasteiger partial charge in [-0.3, -0.25) is 9.89 Å². The Kier molecular flexibility index (Phi) is 9.36. The van der Waals surface area contributed by atoms with E-state index in [-0.39, 0.29) is 5.25 Å². The highest BCUT2D eigenvalue weighted by Gasteiger charge is 2.33. The van der Waals surface area contributed by atoms with Gasteiger partial charge in [-0.05, 0) is 48.3 Å². The first-order valence-electron chi connectivity index (χ1n) is 11.1. The molecule has 1 fully saturated rings. The van der Waals surface area contributed by atoms with Gasteiger partial charge in [0.1, 0.15) is 0 Å². The summed E-state index contributed by atoms with van der Waals surface area (Å²) in [5.41, 5.74) is 0.724. The summed E-state index contributed by atoms with van der Waals surface area (Å²) < 4.78 is 39.3. The molecular weight excluding hydrogens is 475 g/mol. The number of rotatable bonds is 7. The maximum Gasteiger partial charge on any atom is 0.416 e. The van der Waals surface area contributed by atoms with Gasteiger partial charge in [-0.1, -0.05) is 86.3 Å². The van der Waals surface area contributed by atoms with Crippen LogP contribution in [0.1, 0.15) is 36.6 Å². The van der Waals surface area contributed by atoms with Crippen molar-refractivity contribution in [1.29, 1.82) is 0 Å². The number of thioether (sulfide) groups is 1. The van der Waals surface area contributed by atoms with Crippen molar-refractivity contribution in [3.05, 3.63) is 90.0 Å². The first-order valence-corrected chi connectivity index (χ1v) is 12.4. The van der Waals surface area contributed by atoms with Crippen LogP contribution in [-0.4, -0.2) is 28.3 Å². The highest BCUT2D eigenvalue weighted by Crippen LogP contribution is 2.38. The number of nitrogens with one attached hydrogen (secondary N) is 1. The topological polar surface area (TPSA) is 27.6 Å². The van der Waals surface area contributed by atoms with Gasteiger partial charge in [-0.2, -0.15) is 13.2 Å². The summed E-state index contributed by atoms with van der Waals surface area (Å²) in [6, 6.07) is 15.1. The van der Waals surface area contributed by atoms with Crippen molar-refractivity contribution in [3.63, 3.8) is 0 Å². The fraction of sp³-hybridized carbons (Fsp3) is 0.308. The van der Waals surface area contributed by atoms with Gasteiger partial charge in [-0.15, -0.1) is 0 Å². The van der Waals surface area contributed by atoms with Gasteiger partial charge < -0.3 is 5.32 Å². The van der Waals surface area contributed by atoms with Crippen LogP contribution >= 0.6 is 24.0 Å². The molecule has 1 atom stereocenters. The second-order valence-electron chi connectivity index (χ2n) is 8.25. The van der Waals surface area contributed by atoms with Gasteiger partial charge in [0.15, 0.2) is 10.3 Å². The molecule has 1 unspecified atom stereocenters. The number of hydrogen-bond donors (Lipinski definition) is 1. The van der Waals surface area contributed by atoms with E-state index in [1.807, 2.05) is 41.3 Å². The van der Waals surface area contributed by atoms with Gasteiger partial charge in [0.2, 0.25) is 0 Å². The Labute approximate surface area is 208 Å². The second kappa shape index (κ2) is 12.2. The molecular formula is C26H28F3N3S2. The summed E-state index contributed by atoms with van der Waals surface area (Å²) in [5, 5.41) is 4.15. The zero-order valence-electron chi connectivity index (χ0n) is 19.1. The molecule has 2 aromatic carbocycles. The Bertz CT molecular complexity index is 1050. The number of hydrogen-bond acceptors (Lipinski definition) is 3. The normalized spacial score (nSPS) is 18.0. The molecule has 3 rings (SSSR count). The number of allylic oxidation sites excluding steroid dienone is 3. The lowest BCUT2D eigenvalue weighted by molar-refractivity contribution is -0.137. The van der Waals surface area contributed by atoms with Crippen molar-refractivity contribution >= 4 is 39.9 Å². The van der Waals surface area contributed by atoms with E-state index in [9.17, 15) is 13.2 Å². The number of alkyl halides is 3. The van der Waals surface area contributed by atoms with Crippen LogP contribution < -0.4 is 5.32 Å². The minimum absolute atomic E-state index is 0.121. The van der Waals surface area contributed by atoms with Crippen molar-refractivity contribution in [2.24, 2.45) is 10.9 Å². The second-order valence-corrected chi connectivity index (χ2v) is 9.80. The maximum absolute atomic E-state index is 13.1. The summed E-state index contributed by atoms with van der Waals surface area (Å²) >= 11 is 7.19. The molecule has 1 aliphatic heterocycles. The zero-order valence-corrected chi connectivity index (χ0v) is 20.8. The van der Waals surface area contributed by atoms with E-state index in [1.165, 1.54) is 6.07 Å². The third-order valence-electron chi connectivity index (χ3n) is 5.01. The lowest BCUT2D eigenvalue weighted by Gasteiger charge is -2.21. The minimum atomic E-state index is -4.41. The molecule has 1 heterocycles. The molecule has 180 valence electrons. The van der Waals surface area contributed by atoms with Crippen LogP contribution in [0.4, 0.5) is 18.9 Å². The molecule has 0 saturated carbocycles. The lowest BCUT2D eigenvalue weighted by Crippen LogP contribution is -2.35. The molecule has 2 aromatic rings. The summed E-state index contributed by atoms with van der Waals surface area (Å²) in [6.07, 6.45) is 4.71. The number of nitrogens with zero attached hydrogens (tertiary/aromatic N) is 2. The Balaban J connectivity index is 1.74. The van der Waals surface area contributed by atoms with E-state index in [1.54, 1.807) is 17.8 Å². The highest BCUT2D eigenvalue weighted by molar-refractivity contribution is 8.14. The van der Waals surface area contributed by atoms with E-state index in [2.05, 4.69) is 37.4 Å². The van der Waals surface area contributed by atoms with Crippen LogP contribution in [0, 0.1) is 5.92 Å². The van der Waals surface area contributed by atoms with E-state index in [0.29, 0.717) is 29.8 Å². The van der Waals surface area contributed by atoms with Crippen LogP contribution in [0.15, 0.2) is 83.9 Å². The first-order chi connectivity index (χ1) is 16.2. The van der Waals surface area contributed by atoms with Crippen LogP contribution in [-0.2, 0) is 6.18 Å². The molecule has 1 N–H and O–H groups in total. The van der Waals surface area contributed by atoms with Crippen LogP contribution in [0.3, 0.4) is 0 Å². The molecule has 0 bridgehead atoms. The molecule has 0 aromatic heterocycles. The summed E-state index contributed by atoms with van der Waals surface area (Å²) in [7, 11) is 0. The van der Waals surface area contributed by atoms with Gasteiger partial charge in [0.05, 0.1) is 17.4 Å². The average Bonchev–Trinajstić information content (AvgIpc) is 3.23. The van der Waals surface area contributed by atoms with Crippen molar-refractivity contribution in [3.8, 4) is 0 Å². The number of benzene rings is 2. The molecule has 8 heteroatoms. The van der Waals surface area contributed by atoms with Crippen molar-refractivity contribution in [1.82, 2.24) is 4.90 Å². The first kappa shape index (κ1) is 26.0. The van der Waals surface area contributed by atoms with E-state index in [0.717, 1.165) is 29.3 Å². The molecule has 3 nitrogen and oxygen atoms in total. The van der Waals surface area contributed by atoms with Crippen molar-refractivity contribution in [2.75, 3.05) is 18.4 Å². The van der Waals surface area contributed by atoms with E-state index >= 15 is 0 Å². The zero-order chi connectivity index (χ0) is 24.6. The van der Waals surface area contributed by atoms with Crippen molar-refractivity contribution in [2.45, 2.75) is 31.7 Å². The predicted molar refractivity (Wildman–Crippen MR) is 141 cm³/mol. The van der Waals surface area contributed by atoms with Crippen molar-refractivity contribution < 1.29 is 13.2 Å². The van der Waals surface area contributed by atoms with Gasteiger partial charge in [0, 0.05) is 12.2 Å². The molecule has 0 amide bonds. The number of aliphatic imine (C=N–C) groups is 1. The Morgan fingerprint density at radius 3 is 2.59 bits per heavy atom. The quantitative estimate of drug-likeness (QED) is 0.309. The maximum atomic E-state index is 13.1. The molecule has 0 radical (unpaired) electrons. The predicted octanol–water partition coefficient (Wildman–Crippen LogP) is 7.71. The number of amidine groups is 1. The van der Waals surface area contributed by atoms with Gasteiger partial charge in [0.25, 0.3) is 0 Å². The monoisotopic (exact) mass is 503 g/mol. The summed E-state index contributed by atoms with van der Waals surface area (Å²) in [6.45, 7) is 5.41. The third-order valence-corrected chi connectivity index (χ3v) is 6.60. The Morgan fingerprint density at radius 2 is 1.88 bits per heavy atom. The lowest BCUT2D eigenvalue weighted by atomic mass is 10.1. The smallest absolute Gasteiger partial charge is 0.332 e. The SMILES string of the molecule is CC(C)C/C=C/C=C/CN=C1SC(c2ccccc2)CN1C(=S)Nc1cccc(C(F)(F)F)c1. The Hall–Kier alpha value is -2.58. The molecule has 1 aliphatic rings. The molecule has 1 saturated heterocycles. The molecule has 34 heavy (non-hydrogen) atoms. The Morgan fingerprint density at radius 1 is 1.15 bits per heavy atom. The highest BCUT2D eigenvalue weighted by atomic mass is 32.2. The van der Waals surface area contributed by atoms with Crippen LogP contribution in [0.25, 0.3) is 0 Å². The van der Waals surface area contributed by atoms with Gasteiger partial charge in [-0.25, -0.2) is 0 Å². The minimum Gasteiger partial charge on any atom is -0.332 e. The average molecular weight is 504 g/mol. The standard InChI is InChI=1S/C26H28F3N3S2/c1-19(2)11-6-3-4-9-16-30-25-32(18-23(34-25)20-12-7-5-8-13-20)24(33)31-22-15-10-14-21(17-22)26(27,28)29/h3-10,12-15,17,19,23H,11,16,18H2,1-2H3,(H,31,33)/b6-3+,9-4+,30-25?. The van der Waals surface area contributed by atoms with Crippen LogP contribution in [0.2, 0.25) is 0 Å². The van der Waals surface area contributed by atoms with Crippen LogP contribution in [0.5, 0.6) is 0 Å². The largest absolute Gasteiger partial charge is 0.416 e. The van der Waals surface area contributed by atoms with Gasteiger partial charge >= 0.3 is 6.18 Å². The summed E-state index contributed by atoms with van der Waals surface area (Å²) in [4.78, 5) is 6.57. The molecule has 0 aliphatic carbocycles. The number of halogens is 3. The molecule has 0 spiro atoms. The summed E-state index contributed by atoms with van der Waals surface area (Å²) in [5.74, 6) is 0.619. The van der Waals surface area contributed by atoms with E-state index in [4.69, 9.17) is 17.2 Å². The van der Waals surface area contributed by atoms with E-state index < -0.39 is 11.7 Å². The number of anilines is 1. The fourth-order valence-corrected chi connectivity index (χ4v) is 4.82. The fourth-order valence-electron chi connectivity index (χ4n) is 3.27.